The topological polar surface area (TPSA) is 89.4 Å². The number of nitrogens with one attached hydrogen (secondary N) is 1. The Bertz CT molecular complexity index is 856. The van der Waals surface area contributed by atoms with Crippen molar-refractivity contribution in [2.75, 3.05) is 18.5 Å². The summed E-state index contributed by atoms with van der Waals surface area (Å²) in [5.41, 5.74) is 1.62. The van der Waals surface area contributed by atoms with Crippen LogP contribution < -0.4 is 10.1 Å². The molecule has 0 amide bonds. The molecule has 1 atom stereocenters. The number of pyridine rings is 1. The van der Waals surface area contributed by atoms with Gasteiger partial charge in [0.15, 0.2) is 0 Å². The highest BCUT2D eigenvalue weighted by Crippen LogP contribution is 2.38. The van der Waals surface area contributed by atoms with Gasteiger partial charge in [-0.3, -0.25) is 0 Å². The van der Waals surface area contributed by atoms with Gasteiger partial charge in [0, 0.05) is 30.8 Å². The lowest BCUT2D eigenvalue weighted by Gasteiger charge is -2.27. The highest BCUT2D eigenvalue weighted by Gasteiger charge is 2.26. The Morgan fingerprint density at radius 3 is 2.53 bits per heavy atom. The third-order valence-electron chi connectivity index (χ3n) is 5.93. The number of hydrogen-bond donors (Lipinski definition) is 2. The summed E-state index contributed by atoms with van der Waals surface area (Å²) in [6.07, 6.45) is 5.31. The van der Waals surface area contributed by atoms with Gasteiger partial charge < -0.3 is 19.9 Å². The fourth-order valence-corrected chi connectivity index (χ4v) is 4.08. The smallest absolute Gasteiger partial charge is 0.258 e. The number of anilines is 1. The summed E-state index contributed by atoms with van der Waals surface area (Å²) in [5, 5.41) is 13.2. The molecule has 0 spiro atoms. The first-order valence-electron chi connectivity index (χ1n) is 10.6. The molecule has 0 bridgehead atoms. The first kappa shape index (κ1) is 21.1. The number of aliphatic hydroxyl groups is 1. The molecule has 2 aliphatic rings. The van der Waals surface area contributed by atoms with Gasteiger partial charge in [-0.15, -0.1) is 0 Å². The number of aromatic nitrogens is 3. The predicted octanol–water partition coefficient (Wildman–Crippen LogP) is 3.67. The maximum absolute atomic E-state index is 13.0. The van der Waals surface area contributed by atoms with Gasteiger partial charge in [-0.25, -0.2) is 23.7 Å². The molecule has 2 aromatic rings. The largest absolute Gasteiger partial charge is 0.474 e. The van der Waals surface area contributed by atoms with Crippen LogP contribution in [0.3, 0.4) is 0 Å². The summed E-state index contributed by atoms with van der Waals surface area (Å²) in [5.74, 6) is 0.830. The zero-order chi connectivity index (χ0) is 21.1. The molecule has 2 fully saturated rings. The molecule has 2 N–H and O–H groups in total. The molecular formula is C21H28F2N4O3. The third-order valence-corrected chi connectivity index (χ3v) is 5.93. The number of rotatable bonds is 6. The van der Waals surface area contributed by atoms with Crippen molar-refractivity contribution in [2.24, 2.45) is 0 Å². The van der Waals surface area contributed by atoms with Gasteiger partial charge in [0.05, 0.1) is 36.3 Å². The van der Waals surface area contributed by atoms with Crippen molar-refractivity contribution in [3.8, 4) is 5.88 Å². The molecule has 9 heteroatoms. The van der Waals surface area contributed by atoms with E-state index in [1.54, 1.807) is 12.4 Å². The van der Waals surface area contributed by atoms with Gasteiger partial charge in [-0.1, -0.05) is 0 Å². The van der Waals surface area contributed by atoms with Crippen molar-refractivity contribution in [1.82, 2.24) is 15.0 Å². The molecule has 1 aliphatic heterocycles. The fourth-order valence-electron chi connectivity index (χ4n) is 4.08. The Morgan fingerprint density at radius 1 is 1.10 bits per heavy atom. The lowest BCUT2D eigenvalue weighted by atomic mass is 9.83. The van der Waals surface area contributed by atoms with Crippen molar-refractivity contribution in [3.63, 3.8) is 0 Å². The number of aliphatic hydroxyl groups excluding tert-OH is 1. The van der Waals surface area contributed by atoms with Crippen molar-refractivity contribution < 1.29 is 23.4 Å². The first-order chi connectivity index (χ1) is 14.5. The van der Waals surface area contributed by atoms with Crippen LogP contribution in [-0.4, -0.2) is 57.9 Å². The average Bonchev–Trinajstić information content (AvgIpc) is 2.75. The van der Waals surface area contributed by atoms with Gasteiger partial charge in [0.25, 0.3) is 6.43 Å². The molecule has 4 rings (SSSR count). The number of alkyl halides is 2. The van der Waals surface area contributed by atoms with Crippen molar-refractivity contribution in [1.29, 1.82) is 0 Å². The SMILES string of the molecule is C[C@H](Nc1ncc2c(OC3CCOCC3)ncc([C@H]3CC[C@H](O)CC3)c2n1)C(F)F. The highest BCUT2D eigenvalue weighted by molar-refractivity contribution is 5.86. The van der Waals surface area contributed by atoms with E-state index in [1.165, 1.54) is 6.92 Å². The summed E-state index contributed by atoms with van der Waals surface area (Å²) >= 11 is 0. The summed E-state index contributed by atoms with van der Waals surface area (Å²) in [4.78, 5) is 13.4. The quantitative estimate of drug-likeness (QED) is 0.734. The van der Waals surface area contributed by atoms with Gasteiger partial charge >= 0.3 is 0 Å². The average molecular weight is 422 g/mol. The van der Waals surface area contributed by atoms with Crippen LogP contribution in [0.1, 0.15) is 56.9 Å². The van der Waals surface area contributed by atoms with Gasteiger partial charge in [0.2, 0.25) is 11.8 Å². The van der Waals surface area contributed by atoms with Crippen molar-refractivity contribution >= 4 is 16.9 Å². The van der Waals surface area contributed by atoms with E-state index < -0.39 is 12.5 Å². The molecule has 1 saturated carbocycles. The second kappa shape index (κ2) is 9.34. The van der Waals surface area contributed by atoms with Crippen LogP contribution >= 0.6 is 0 Å². The predicted molar refractivity (Wildman–Crippen MR) is 108 cm³/mol. The second-order valence-electron chi connectivity index (χ2n) is 8.18. The first-order valence-corrected chi connectivity index (χ1v) is 10.6. The Labute approximate surface area is 174 Å². The zero-order valence-corrected chi connectivity index (χ0v) is 17.1. The summed E-state index contributed by atoms with van der Waals surface area (Å²) in [6.45, 7) is 2.70. The van der Waals surface area contributed by atoms with Crippen LogP contribution in [0.25, 0.3) is 10.9 Å². The molecule has 1 saturated heterocycles. The minimum Gasteiger partial charge on any atom is -0.474 e. The molecule has 3 heterocycles. The number of hydrogen-bond acceptors (Lipinski definition) is 7. The Balaban J connectivity index is 1.68. The number of halogens is 2. The normalized spacial score (nSPS) is 24.2. The van der Waals surface area contributed by atoms with Crippen LogP contribution in [0.15, 0.2) is 12.4 Å². The molecule has 0 radical (unpaired) electrons. The summed E-state index contributed by atoms with van der Waals surface area (Å²) < 4.78 is 37.5. The maximum atomic E-state index is 13.0. The molecule has 164 valence electrons. The van der Waals surface area contributed by atoms with E-state index in [9.17, 15) is 13.9 Å². The Hall–Kier alpha value is -2.13. The summed E-state index contributed by atoms with van der Waals surface area (Å²) in [7, 11) is 0. The molecule has 1 aliphatic carbocycles. The van der Waals surface area contributed by atoms with E-state index in [0.29, 0.717) is 30.0 Å². The van der Waals surface area contributed by atoms with Crippen molar-refractivity contribution in [2.45, 2.75) is 76.0 Å². The Kier molecular flexibility index (Phi) is 6.58. The summed E-state index contributed by atoms with van der Waals surface area (Å²) in [6, 6.07) is -1.06. The minimum absolute atomic E-state index is 0.0155. The Morgan fingerprint density at radius 2 is 1.83 bits per heavy atom. The molecule has 2 aromatic heterocycles. The van der Waals surface area contributed by atoms with E-state index >= 15 is 0 Å². The zero-order valence-electron chi connectivity index (χ0n) is 17.1. The van der Waals surface area contributed by atoms with Crippen LogP contribution in [0.5, 0.6) is 5.88 Å². The van der Waals surface area contributed by atoms with E-state index in [4.69, 9.17) is 9.47 Å². The molecule has 30 heavy (non-hydrogen) atoms. The van der Waals surface area contributed by atoms with E-state index in [2.05, 4.69) is 20.3 Å². The lowest BCUT2D eigenvalue weighted by molar-refractivity contribution is 0.0244. The van der Waals surface area contributed by atoms with Crippen LogP contribution in [-0.2, 0) is 4.74 Å². The molecule has 7 nitrogen and oxygen atoms in total. The standard InChI is InChI=1S/C21H28F2N4O3/c1-12(19(22)23)26-21-25-11-17-18(27-21)16(13-2-4-14(28)5-3-13)10-24-20(17)30-15-6-8-29-9-7-15/h10-15,19,28H,2-9H2,1H3,(H,25,26,27)/t12-,13-,14-/m0/s1. The van der Waals surface area contributed by atoms with E-state index in [1.807, 2.05) is 0 Å². The fraction of sp³-hybridized carbons (Fsp3) is 0.667. The molecule has 0 aromatic carbocycles. The molecular weight excluding hydrogens is 394 g/mol. The number of fused-ring (bicyclic) bond motifs is 1. The van der Waals surface area contributed by atoms with E-state index in [-0.39, 0.29) is 24.1 Å². The van der Waals surface area contributed by atoms with Crippen molar-refractivity contribution in [3.05, 3.63) is 18.0 Å². The van der Waals surface area contributed by atoms with Gasteiger partial charge in [-0.2, -0.15) is 0 Å². The van der Waals surface area contributed by atoms with Crippen LogP contribution in [0.2, 0.25) is 0 Å². The monoisotopic (exact) mass is 422 g/mol. The van der Waals surface area contributed by atoms with Gasteiger partial charge in [-0.05, 0) is 38.5 Å². The minimum atomic E-state index is -2.52. The lowest BCUT2D eigenvalue weighted by Crippen LogP contribution is -2.26. The number of ether oxygens (including phenoxy) is 2. The third kappa shape index (κ3) is 4.78. The number of nitrogens with zero attached hydrogens (tertiary/aromatic N) is 3. The van der Waals surface area contributed by atoms with Crippen LogP contribution in [0, 0.1) is 0 Å². The maximum Gasteiger partial charge on any atom is 0.258 e. The molecule has 0 unspecified atom stereocenters. The van der Waals surface area contributed by atoms with Crippen LogP contribution in [0.4, 0.5) is 14.7 Å². The van der Waals surface area contributed by atoms with E-state index in [0.717, 1.165) is 44.1 Å². The van der Waals surface area contributed by atoms with Gasteiger partial charge in [0.1, 0.15) is 6.10 Å². The highest BCUT2D eigenvalue weighted by atomic mass is 19.3. The second-order valence-corrected chi connectivity index (χ2v) is 8.18.